The molecule has 0 spiro atoms. The van der Waals surface area contributed by atoms with Gasteiger partial charge in [-0.3, -0.25) is 9.59 Å². The third kappa shape index (κ3) is 5.44. The van der Waals surface area contributed by atoms with Crippen molar-refractivity contribution < 1.29 is 9.59 Å². The molecule has 1 aliphatic heterocycles. The number of anilines is 3. The van der Waals surface area contributed by atoms with E-state index in [1.54, 1.807) is 18.2 Å². The Morgan fingerprint density at radius 1 is 0.757 bits per heavy atom. The van der Waals surface area contributed by atoms with Crippen molar-refractivity contribution in [2.75, 3.05) is 30.0 Å². The molecular formula is C31H28N4O2. The van der Waals surface area contributed by atoms with Crippen LogP contribution in [-0.2, 0) is 11.3 Å². The molecule has 0 unspecified atom stereocenters. The summed E-state index contributed by atoms with van der Waals surface area (Å²) >= 11 is 0. The average Bonchev–Trinajstić information content (AvgIpc) is 3.23. The Labute approximate surface area is 216 Å². The maximum atomic E-state index is 13.3. The molecule has 0 bridgehead atoms. The number of carbonyl (C=O) groups excluding carboxylic acids is 2. The number of nitrogens with one attached hydrogen (secondary N) is 3. The second-order valence-corrected chi connectivity index (χ2v) is 9.21. The van der Waals surface area contributed by atoms with Gasteiger partial charge in [0, 0.05) is 34.7 Å². The molecule has 0 atom stereocenters. The largest absolute Gasteiger partial charge is 0.354 e. The van der Waals surface area contributed by atoms with Crippen LogP contribution in [0.1, 0.15) is 27.0 Å². The monoisotopic (exact) mass is 488 g/mol. The highest BCUT2D eigenvalue weighted by Gasteiger charge is 2.29. The first-order valence-electron chi connectivity index (χ1n) is 12.1. The molecule has 0 saturated heterocycles. The second-order valence-electron chi connectivity index (χ2n) is 9.21. The molecule has 0 aromatic heterocycles. The van der Waals surface area contributed by atoms with Crippen molar-refractivity contribution in [2.45, 2.75) is 6.54 Å². The van der Waals surface area contributed by atoms with Gasteiger partial charge < -0.3 is 20.9 Å². The smallest absolute Gasteiger partial charge is 0.258 e. The molecule has 6 nitrogen and oxygen atoms in total. The maximum Gasteiger partial charge on any atom is 0.258 e. The Morgan fingerprint density at radius 2 is 1.41 bits per heavy atom. The van der Waals surface area contributed by atoms with Gasteiger partial charge in [-0.15, -0.1) is 0 Å². The van der Waals surface area contributed by atoms with Gasteiger partial charge in [0.25, 0.3) is 11.8 Å². The summed E-state index contributed by atoms with van der Waals surface area (Å²) in [6.45, 7) is 0.844. The summed E-state index contributed by atoms with van der Waals surface area (Å²) in [5.41, 5.74) is 6.65. The molecule has 2 amide bonds. The topological polar surface area (TPSA) is 73.5 Å². The molecule has 0 aliphatic carbocycles. The Balaban J connectivity index is 1.54. The van der Waals surface area contributed by atoms with Crippen molar-refractivity contribution in [3.05, 3.63) is 125 Å². The van der Waals surface area contributed by atoms with Crippen LogP contribution in [-0.4, -0.2) is 30.8 Å². The highest BCUT2D eigenvalue weighted by Crippen LogP contribution is 2.38. The number of hydrogen-bond donors (Lipinski definition) is 3. The van der Waals surface area contributed by atoms with Gasteiger partial charge in [0.2, 0.25) is 0 Å². The van der Waals surface area contributed by atoms with Gasteiger partial charge in [0.1, 0.15) is 0 Å². The van der Waals surface area contributed by atoms with Crippen LogP contribution in [0.2, 0.25) is 0 Å². The molecule has 6 heteroatoms. The first-order chi connectivity index (χ1) is 18.0. The highest BCUT2D eigenvalue weighted by atomic mass is 16.2. The summed E-state index contributed by atoms with van der Waals surface area (Å²) in [5, 5.41) is 9.35. The molecule has 0 fully saturated rings. The van der Waals surface area contributed by atoms with E-state index in [1.807, 2.05) is 86.9 Å². The average molecular weight is 489 g/mol. The van der Waals surface area contributed by atoms with E-state index in [-0.39, 0.29) is 11.8 Å². The van der Waals surface area contributed by atoms with E-state index in [0.717, 1.165) is 17.8 Å². The molecule has 1 heterocycles. The SMILES string of the molecule is CN(C)Cc1ccc(N/C(=C2\C(=O)Nc3ccc(C(=O)Nc4ccccc4)cc32)c2ccccc2)cc1. The van der Waals surface area contributed by atoms with E-state index < -0.39 is 0 Å². The predicted octanol–water partition coefficient (Wildman–Crippen LogP) is 5.93. The Kier molecular flexibility index (Phi) is 6.83. The molecular weight excluding hydrogens is 460 g/mol. The van der Waals surface area contributed by atoms with Crippen LogP contribution in [0.25, 0.3) is 11.3 Å². The summed E-state index contributed by atoms with van der Waals surface area (Å²) in [5.74, 6) is -0.454. The third-order valence-electron chi connectivity index (χ3n) is 6.09. The minimum Gasteiger partial charge on any atom is -0.354 e. The molecule has 3 N–H and O–H groups in total. The number of para-hydroxylation sites is 1. The molecule has 1 aliphatic rings. The fourth-order valence-electron chi connectivity index (χ4n) is 4.37. The molecule has 0 radical (unpaired) electrons. The fourth-order valence-corrected chi connectivity index (χ4v) is 4.37. The van der Waals surface area contributed by atoms with E-state index in [0.29, 0.717) is 33.8 Å². The summed E-state index contributed by atoms with van der Waals surface area (Å²) in [4.78, 5) is 28.4. The van der Waals surface area contributed by atoms with Crippen LogP contribution in [0.3, 0.4) is 0 Å². The predicted molar refractivity (Wildman–Crippen MR) is 150 cm³/mol. The van der Waals surface area contributed by atoms with Crippen molar-refractivity contribution in [3.8, 4) is 0 Å². The van der Waals surface area contributed by atoms with Crippen molar-refractivity contribution >= 4 is 40.1 Å². The standard InChI is InChI=1S/C31H28N4O2/c1-35(2)20-21-13-16-25(17-14-21)32-29(22-9-5-3-6-10-22)28-26-19-23(15-18-27(26)34-31(28)37)30(36)33-24-11-7-4-8-12-24/h3-19,32H,20H2,1-2H3,(H,33,36)(H,34,37)/b29-28-. The molecule has 4 aromatic rings. The molecule has 4 aromatic carbocycles. The van der Waals surface area contributed by atoms with Crippen LogP contribution < -0.4 is 16.0 Å². The minimum absolute atomic E-state index is 0.216. The van der Waals surface area contributed by atoms with Crippen molar-refractivity contribution in [1.82, 2.24) is 4.90 Å². The quantitative estimate of drug-likeness (QED) is 0.282. The van der Waals surface area contributed by atoms with Gasteiger partial charge in [-0.05, 0) is 67.7 Å². The van der Waals surface area contributed by atoms with Gasteiger partial charge in [0.05, 0.1) is 11.3 Å². The van der Waals surface area contributed by atoms with Gasteiger partial charge >= 0.3 is 0 Å². The maximum absolute atomic E-state index is 13.3. The van der Waals surface area contributed by atoms with Crippen molar-refractivity contribution in [1.29, 1.82) is 0 Å². The highest BCUT2D eigenvalue weighted by molar-refractivity contribution is 6.37. The van der Waals surface area contributed by atoms with Gasteiger partial charge in [0.15, 0.2) is 0 Å². The lowest BCUT2D eigenvalue weighted by Gasteiger charge is -2.16. The second kappa shape index (κ2) is 10.5. The number of amides is 2. The number of fused-ring (bicyclic) bond motifs is 1. The zero-order valence-corrected chi connectivity index (χ0v) is 20.8. The van der Waals surface area contributed by atoms with E-state index in [9.17, 15) is 9.59 Å². The van der Waals surface area contributed by atoms with Gasteiger partial charge in [-0.1, -0.05) is 60.7 Å². The number of hydrogen-bond acceptors (Lipinski definition) is 4. The molecule has 184 valence electrons. The van der Waals surface area contributed by atoms with E-state index in [1.165, 1.54) is 5.56 Å². The van der Waals surface area contributed by atoms with E-state index >= 15 is 0 Å². The van der Waals surface area contributed by atoms with Crippen molar-refractivity contribution in [3.63, 3.8) is 0 Å². The number of rotatable bonds is 7. The van der Waals surface area contributed by atoms with Gasteiger partial charge in [-0.25, -0.2) is 0 Å². The van der Waals surface area contributed by atoms with E-state index in [4.69, 9.17) is 0 Å². The number of nitrogens with zero attached hydrogens (tertiary/aromatic N) is 1. The first-order valence-corrected chi connectivity index (χ1v) is 12.1. The van der Waals surface area contributed by atoms with Crippen molar-refractivity contribution in [2.24, 2.45) is 0 Å². The lowest BCUT2D eigenvalue weighted by molar-refractivity contribution is -0.110. The molecule has 5 rings (SSSR count). The Bertz CT molecular complexity index is 1460. The van der Waals surface area contributed by atoms with Crippen LogP contribution >= 0.6 is 0 Å². The van der Waals surface area contributed by atoms with E-state index in [2.05, 4.69) is 33.0 Å². The Hall–Kier alpha value is -4.68. The number of carbonyl (C=O) groups is 2. The summed E-state index contributed by atoms with van der Waals surface area (Å²) in [6, 6.07) is 32.5. The lowest BCUT2D eigenvalue weighted by Crippen LogP contribution is -2.12. The third-order valence-corrected chi connectivity index (χ3v) is 6.09. The molecule has 0 saturated carbocycles. The molecule has 37 heavy (non-hydrogen) atoms. The van der Waals surface area contributed by atoms with Crippen LogP contribution in [0.15, 0.2) is 103 Å². The normalized spacial score (nSPS) is 13.6. The minimum atomic E-state index is -0.238. The zero-order valence-electron chi connectivity index (χ0n) is 20.8. The lowest BCUT2D eigenvalue weighted by atomic mass is 9.98. The summed E-state index contributed by atoms with van der Waals surface area (Å²) < 4.78 is 0. The van der Waals surface area contributed by atoms with Crippen LogP contribution in [0.4, 0.5) is 17.1 Å². The summed E-state index contributed by atoms with van der Waals surface area (Å²) in [7, 11) is 4.07. The van der Waals surface area contributed by atoms with Crippen LogP contribution in [0.5, 0.6) is 0 Å². The van der Waals surface area contributed by atoms with Gasteiger partial charge in [-0.2, -0.15) is 0 Å². The van der Waals surface area contributed by atoms with Crippen LogP contribution in [0, 0.1) is 0 Å². The number of benzene rings is 4. The summed E-state index contributed by atoms with van der Waals surface area (Å²) in [6.07, 6.45) is 0. The first kappa shape index (κ1) is 24.0. The zero-order chi connectivity index (χ0) is 25.8. The fraction of sp³-hybridized carbons (Fsp3) is 0.0968. The Morgan fingerprint density at radius 3 is 2.08 bits per heavy atom.